The molecule has 88 valence electrons. The molecule has 4 nitrogen and oxygen atoms in total. The zero-order valence-electron chi connectivity index (χ0n) is 8.17. The second kappa shape index (κ2) is 4.46. The van der Waals surface area contributed by atoms with Gasteiger partial charge in [-0.25, -0.2) is 9.18 Å². The van der Waals surface area contributed by atoms with Gasteiger partial charge in [-0.2, -0.15) is 5.10 Å². The second-order valence-corrected chi connectivity index (χ2v) is 4.48. The Hall–Kier alpha value is -1.40. The Morgan fingerprint density at radius 1 is 1.47 bits per heavy atom. The Morgan fingerprint density at radius 3 is 2.76 bits per heavy atom. The van der Waals surface area contributed by atoms with Gasteiger partial charge in [-0.1, -0.05) is 11.6 Å². The summed E-state index contributed by atoms with van der Waals surface area (Å²) >= 11 is 8.89. The molecule has 0 spiro atoms. The molecule has 0 radical (unpaired) electrons. The third-order valence-electron chi connectivity index (χ3n) is 2.09. The quantitative estimate of drug-likeness (QED) is 0.834. The van der Waals surface area contributed by atoms with Crippen molar-refractivity contribution in [3.63, 3.8) is 0 Å². The number of nitrogens with zero attached hydrogens (tertiary/aromatic N) is 1. The summed E-state index contributed by atoms with van der Waals surface area (Å²) in [5.41, 5.74) is 0.730. The van der Waals surface area contributed by atoms with Gasteiger partial charge in [0.25, 0.3) is 0 Å². The second-order valence-electron chi connectivity index (χ2n) is 3.22. The number of carbonyl (C=O) groups is 1. The Kier molecular flexibility index (Phi) is 3.17. The number of rotatable bonds is 2. The number of carboxylic acids is 1. The molecule has 0 fully saturated rings. The van der Waals surface area contributed by atoms with Crippen LogP contribution in [0.3, 0.4) is 0 Å². The fourth-order valence-electron chi connectivity index (χ4n) is 1.29. The summed E-state index contributed by atoms with van der Waals surface area (Å²) in [5, 5.41) is 15.1. The molecule has 0 bridgehead atoms. The van der Waals surface area contributed by atoms with E-state index in [1.54, 1.807) is 0 Å². The standard InChI is InChI=1S/C10H5BrClFN2O2/c11-5-1-4(6(12)2-7(5)13)8-3-9(10(16)17)15-14-8/h1-3H,(H,14,15)(H,16,17). The van der Waals surface area contributed by atoms with E-state index in [1.165, 1.54) is 12.1 Å². The van der Waals surface area contributed by atoms with Crippen LogP contribution in [-0.4, -0.2) is 21.3 Å². The van der Waals surface area contributed by atoms with Crippen molar-refractivity contribution in [2.45, 2.75) is 0 Å². The van der Waals surface area contributed by atoms with E-state index in [9.17, 15) is 9.18 Å². The number of aromatic amines is 1. The van der Waals surface area contributed by atoms with Gasteiger partial charge in [-0.3, -0.25) is 5.10 Å². The number of carboxylic acid groups (broad SMARTS) is 1. The fraction of sp³-hybridized carbons (Fsp3) is 0. The fourth-order valence-corrected chi connectivity index (χ4v) is 1.88. The maximum atomic E-state index is 13.2. The number of hydrogen-bond donors (Lipinski definition) is 2. The lowest BCUT2D eigenvalue weighted by molar-refractivity contribution is 0.0690. The van der Waals surface area contributed by atoms with E-state index in [4.69, 9.17) is 16.7 Å². The van der Waals surface area contributed by atoms with Crippen molar-refractivity contribution in [2.75, 3.05) is 0 Å². The first-order chi connectivity index (χ1) is 7.99. The number of halogens is 3. The van der Waals surface area contributed by atoms with Gasteiger partial charge in [0.05, 0.1) is 15.2 Å². The number of benzene rings is 1. The van der Waals surface area contributed by atoms with Crippen LogP contribution in [0.15, 0.2) is 22.7 Å². The molecule has 2 N–H and O–H groups in total. The molecule has 0 saturated heterocycles. The van der Waals surface area contributed by atoms with Gasteiger partial charge in [0, 0.05) is 5.56 Å². The first-order valence-electron chi connectivity index (χ1n) is 4.42. The summed E-state index contributed by atoms with van der Waals surface area (Å²) in [6.07, 6.45) is 0. The topological polar surface area (TPSA) is 66.0 Å². The summed E-state index contributed by atoms with van der Waals surface area (Å²) in [6.45, 7) is 0. The highest BCUT2D eigenvalue weighted by Crippen LogP contribution is 2.31. The average Bonchev–Trinajstić information content (AvgIpc) is 2.72. The van der Waals surface area contributed by atoms with E-state index in [0.717, 1.165) is 6.07 Å². The Bertz CT molecular complexity index is 600. The monoisotopic (exact) mass is 318 g/mol. The van der Waals surface area contributed by atoms with Gasteiger partial charge in [0.2, 0.25) is 0 Å². The third-order valence-corrected chi connectivity index (χ3v) is 3.01. The van der Waals surface area contributed by atoms with Crippen LogP contribution in [0.1, 0.15) is 10.5 Å². The highest BCUT2D eigenvalue weighted by molar-refractivity contribution is 9.10. The van der Waals surface area contributed by atoms with Crippen LogP contribution in [0.4, 0.5) is 4.39 Å². The van der Waals surface area contributed by atoms with Gasteiger partial charge in [0.15, 0.2) is 0 Å². The van der Waals surface area contributed by atoms with Crippen molar-refractivity contribution >= 4 is 33.5 Å². The zero-order valence-corrected chi connectivity index (χ0v) is 10.5. The number of aromatic carboxylic acids is 1. The van der Waals surface area contributed by atoms with Crippen LogP contribution < -0.4 is 0 Å². The molecule has 0 aliphatic carbocycles. The maximum absolute atomic E-state index is 13.2. The lowest BCUT2D eigenvalue weighted by Crippen LogP contribution is -1.95. The Balaban J connectivity index is 2.52. The summed E-state index contributed by atoms with van der Waals surface area (Å²) in [5.74, 6) is -1.62. The maximum Gasteiger partial charge on any atom is 0.353 e. The molecule has 0 unspecified atom stereocenters. The van der Waals surface area contributed by atoms with E-state index in [2.05, 4.69) is 26.1 Å². The van der Waals surface area contributed by atoms with Crippen LogP contribution in [0.2, 0.25) is 5.02 Å². The van der Waals surface area contributed by atoms with Crippen molar-refractivity contribution in [1.82, 2.24) is 10.2 Å². The van der Waals surface area contributed by atoms with E-state index in [1.807, 2.05) is 0 Å². The molecular formula is C10H5BrClFN2O2. The summed E-state index contributed by atoms with van der Waals surface area (Å²) in [6, 6.07) is 3.91. The summed E-state index contributed by atoms with van der Waals surface area (Å²) in [4.78, 5) is 10.7. The predicted molar refractivity (Wildman–Crippen MR) is 63.7 cm³/mol. The predicted octanol–water partition coefficient (Wildman–Crippen LogP) is 3.33. The lowest BCUT2D eigenvalue weighted by Gasteiger charge is -2.02. The van der Waals surface area contributed by atoms with Crippen molar-refractivity contribution in [1.29, 1.82) is 0 Å². The molecule has 1 heterocycles. The van der Waals surface area contributed by atoms with Crippen molar-refractivity contribution in [3.05, 3.63) is 39.2 Å². The van der Waals surface area contributed by atoms with Gasteiger partial charge >= 0.3 is 5.97 Å². The van der Waals surface area contributed by atoms with E-state index in [0.29, 0.717) is 11.3 Å². The van der Waals surface area contributed by atoms with Crippen molar-refractivity contribution in [3.8, 4) is 11.3 Å². The average molecular weight is 320 g/mol. The number of aromatic nitrogens is 2. The lowest BCUT2D eigenvalue weighted by atomic mass is 10.1. The Morgan fingerprint density at radius 2 is 2.18 bits per heavy atom. The molecule has 0 saturated carbocycles. The van der Waals surface area contributed by atoms with E-state index in [-0.39, 0.29) is 15.2 Å². The number of nitrogens with one attached hydrogen (secondary N) is 1. The van der Waals surface area contributed by atoms with Crippen LogP contribution in [0, 0.1) is 5.82 Å². The van der Waals surface area contributed by atoms with Crippen LogP contribution in [-0.2, 0) is 0 Å². The summed E-state index contributed by atoms with van der Waals surface area (Å²) in [7, 11) is 0. The molecule has 2 aromatic rings. The molecule has 7 heteroatoms. The molecule has 1 aromatic heterocycles. The highest BCUT2D eigenvalue weighted by Gasteiger charge is 2.14. The number of H-pyrrole nitrogens is 1. The molecule has 17 heavy (non-hydrogen) atoms. The van der Waals surface area contributed by atoms with Gasteiger partial charge in [-0.05, 0) is 34.1 Å². The molecule has 1 aromatic carbocycles. The Labute approximate surface area is 109 Å². The number of hydrogen-bond acceptors (Lipinski definition) is 2. The summed E-state index contributed by atoms with van der Waals surface area (Å²) < 4.78 is 13.4. The molecule has 0 atom stereocenters. The van der Waals surface area contributed by atoms with Gasteiger partial charge in [-0.15, -0.1) is 0 Å². The molecule has 0 amide bonds. The van der Waals surface area contributed by atoms with E-state index < -0.39 is 11.8 Å². The van der Waals surface area contributed by atoms with Crippen LogP contribution in [0.5, 0.6) is 0 Å². The minimum absolute atomic E-state index is 0.0588. The first-order valence-corrected chi connectivity index (χ1v) is 5.59. The highest BCUT2D eigenvalue weighted by atomic mass is 79.9. The normalized spacial score (nSPS) is 10.5. The first kappa shape index (κ1) is 12.1. The van der Waals surface area contributed by atoms with Crippen LogP contribution in [0.25, 0.3) is 11.3 Å². The third kappa shape index (κ3) is 2.32. The smallest absolute Gasteiger partial charge is 0.353 e. The molecular weight excluding hydrogens is 314 g/mol. The largest absolute Gasteiger partial charge is 0.477 e. The molecule has 0 aliphatic heterocycles. The molecule has 0 aliphatic rings. The van der Waals surface area contributed by atoms with E-state index >= 15 is 0 Å². The SMILES string of the molecule is O=C(O)c1cc(-c2cc(Br)c(F)cc2Cl)n[nH]1. The van der Waals surface area contributed by atoms with Crippen molar-refractivity contribution < 1.29 is 14.3 Å². The molecule has 2 rings (SSSR count). The zero-order chi connectivity index (χ0) is 12.6. The minimum atomic E-state index is -1.12. The minimum Gasteiger partial charge on any atom is -0.477 e. The van der Waals surface area contributed by atoms with Gasteiger partial charge < -0.3 is 5.11 Å². The van der Waals surface area contributed by atoms with Crippen LogP contribution >= 0.6 is 27.5 Å². The van der Waals surface area contributed by atoms with Gasteiger partial charge in [0.1, 0.15) is 11.5 Å². The van der Waals surface area contributed by atoms with Crippen molar-refractivity contribution in [2.24, 2.45) is 0 Å².